The molecule has 24 heavy (non-hydrogen) atoms. The Morgan fingerprint density at radius 2 is 2.33 bits per heavy atom. The summed E-state index contributed by atoms with van der Waals surface area (Å²) in [7, 11) is 0. The van der Waals surface area contributed by atoms with Gasteiger partial charge in [-0.1, -0.05) is 6.07 Å². The Bertz CT molecular complexity index is 728. The first kappa shape index (κ1) is 15.7. The molecule has 2 aromatic heterocycles. The van der Waals surface area contributed by atoms with E-state index in [4.69, 9.17) is 4.74 Å². The number of ether oxygens (including phenoxy) is 1. The normalized spacial score (nSPS) is 21.9. The first-order valence-electron chi connectivity index (χ1n) is 8.10. The number of likely N-dealkylation sites (tertiary alicyclic amines) is 1. The van der Waals surface area contributed by atoms with Gasteiger partial charge < -0.3 is 9.64 Å². The van der Waals surface area contributed by atoms with E-state index >= 15 is 0 Å². The van der Waals surface area contributed by atoms with Crippen molar-refractivity contribution in [2.75, 3.05) is 18.8 Å². The largest absolute Gasteiger partial charge is 0.371 e. The van der Waals surface area contributed by atoms with Crippen molar-refractivity contribution >= 4 is 17.7 Å². The Morgan fingerprint density at radius 1 is 1.46 bits per heavy atom. The fourth-order valence-corrected chi connectivity index (χ4v) is 4.90. The number of amides is 1. The number of hydrogen-bond donors (Lipinski definition) is 1. The summed E-state index contributed by atoms with van der Waals surface area (Å²) in [6.45, 7) is 4.12. The van der Waals surface area contributed by atoms with Gasteiger partial charge in [0.15, 0.2) is 0 Å². The SMILES string of the molecule is Cc1cccc(CO[C@H]2CSC3(C2)CN(C(=O)c2ccn[nH]2)C3)n1. The van der Waals surface area contributed by atoms with Gasteiger partial charge in [0.2, 0.25) is 0 Å². The minimum absolute atomic E-state index is 0.0343. The van der Waals surface area contributed by atoms with E-state index in [1.54, 1.807) is 12.3 Å². The van der Waals surface area contributed by atoms with Crippen LogP contribution in [-0.4, -0.2) is 55.7 Å². The Hall–Kier alpha value is -1.86. The zero-order valence-electron chi connectivity index (χ0n) is 13.6. The summed E-state index contributed by atoms with van der Waals surface area (Å²) in [5, 5.41) is 6.58. The molecule has 1 N–H and O–H groups in total. The van der Waals surface area contributed by atoms with Crippen LogP contribution in [0.1, 0.15) is 28.3 Å². The lowest BCUT2D eigenvalue weighted by atomic mass is 9.92. The molecule has 6 nitrogen and oxygen atoms in total. The molecule has 2 saturated heterocycles. The first-order valence-corrected chi connectivity index (χ1v) is 9.09. The lowest BCUT2D eigenvalue weighted by Gasteiger charge is -2.47. The summed E-state index contributed by atoms with van der Waals surface area (Å²) >= 11 is 1.93. The van der Waals surface area contributed by atoms with Gasteiger partial charge in [-0.3, -0.25) is 14.9 Å². The van der Waals surface area contributed by atoms with Gasteiger partial charge in [-0.2, -0.15) is 5.10 Å². The Labute approximate surface area is 145 Å². The van der Waals surface area contributed by atoms with Gasteiger partial charge in [0, 0.05) is 30.7 Å². The number of carbonyl (C=O) groups excluding carboxylic acids is 1. The van der Waals surface area contributed by atoms with Crippen LogP contribution in [0.25, 0.3) is 0 Å². The molecule has 0 bridgehead atoms. The molecule has 2 aromatic rings. The van der Waals surface area contributed by atoms with E-state index in [2.05, 4.69) is 15.2 Å². The number of rotatable bonds is 4. The third-order valence-corrected chi connectivity index (χ3v) is 6.14. The number of aromatic amines is 1. The molecule has 1 atom stereocenters. The van der Waals surface area contributed by atoms with Crippen LogP contribution in [0, 0.1) is 6.92 Å². The van der Waals surface area contributed by atoms with E-state index in [1.165, 1.54) is 0 Å². The smallest absolute Gasteiger partial charge is 0.271 e. The van der Waals surface area contributed by atoms with Gasteiger partial charge in [0.25, 0.3) is 5.91 Å². The number of thioether (sulfide) groups is 1. The van der Waals surface area contributed by atoms with E-state index in [-0.39, 0.29) is 16.8 Å². The minimum Gasteiger partial charge on any atom is -0.371 e. The molecule has 0 aliphatic carbocycles. The maximum atomic E-state index is 12.3. The number of carbonyl (C=O) groups is 1. The zero-order chi connectivity index (χ0) is 16.6. The molecule has 7 heteroatoms. The topological polar surface area (TPSA) is 71.1 Å². The van der Waals surface area contributed by atoms with Crippen LogP contribution in [0.2, 0.25) is 0 Å². The average molecular weight is 344 g/mol. The van der Waals surface area contributed by atoms with Crippen LogP contribution in [0.5, 0.6) is 0 Å². The third kappa shape index (κ3) is 3.06. The molecule has 4 heterocycles. The highest BCUT2D eigenvalue weighted by molar-refractivity contribution is 8.01. The van der Waals surface area contributed by atoms with Crippen LogP contribution in [-0.2, 0) is 11.3 Å². The third-order valence-electron chi connectivity index (χ3n) is 4.56. The van der Waals surface area contributed by atoms with Gasteiger partial charge in [-0.05, 0) is 31.5 Å². The second kappa shape index (κ2) is 6.22. The van der Waals surface area contributed by atoms with E-state index in [0.717, 1.165) is 36.7 Å². The fourth-order valence-electron chi connectivity index (χ4n) is 3.35. The summed E-state index contributed by atoms with van der Waals surface area (Å²) < 4.78 is 6.21. The fraction of sp³-hybridized carbons (Fsp3) is 0.471. The number of nitrogens with zero attached hydrogens (tertiary/aromatic N) is 3. The van der Waals surface area contributed by atoms with E-state index in [9.17, 15) is 4.79 Å². The number of aromatic nitrogens is 3. The van der Waals surface area contributed by atoms with Crippen LogP contribution in [0.4, 0.5) is 0 Å². The molecule has 1 spiro atoms. The zero-order valence-corrected chi connectivity index (χ0v) is 14.4. The predicted octanol–water partition coefficient (Wildman–Crippen LogP) is 2.03. The van der Waals surface area contributed by atoms with Crippen LogP contribution in [0.3, 0.4) is 0 Å². The average Bonchev–Trinajstić information content (AvgIpc) is 3.21. The lowest BCUT2D eigenvalue weighted by Crippen LogP contribution is -2.60. The molecule has 126 valence electrons. The van der Waals surface area contributed by atoms with Crippen LogP contribution >= 0.6 is 11.8 Å². The molecule has 2 fully saturated rings. The summed E-state index contributed by atoms with van der Waals surface area (Å²) in [5.74, 6) is 1.02. The number of nitrogens with one attached hydrogen (secondary N) is 1. The quantitative estimate of drug-likeness (QED) is 0.919. The van der Waals surface area contributed by atoms with E-state index in [0.29, 0.717) is 12.3 Å². The Morgan fingerprint density at radius 3 is 3.08 bits per heavy atom. The van der Waals surface area contributed by atoms with Crippen LogP contribution in [0.15, 0.2) is 30.5 Å². The molecule has 0 saturated carbocycles. The maximum Gasteiger partial charge on any atom is 0.271 e. The van der Waals surface area contributed by atoms with Crippen molar-refractivity contribution < 1.29 is 9.53 Å². The van der Waals surface area contributed by atoms with Gasteiger partial charge in [0.05, 0.1) is 23.2 Å². The summed E-state index contributed by atoms with van der Waals surface area (Å²) in [6, 6.07) is 7.72. The molecule has 2 aliphatic heterocycles. The standard InChI is InChI=1S/C17H20N4O2S/c1-12-3-2-4-13(19-12)8-23-14-7-17(24-9-14)10-21(11-17)16(22)15-5-6-18-20-15/h2-6,14H,7-11H2,1H3,(H,18,20)/t14-/m1/s1. The molecule has 2 aliphatic rings. The molecule has 0 aromatic carbocycles. The first-order chi connectivity index (χ1) is 11.6. The van der Waals surface area contributed by atoms with Crippen molar-refractivity contribution in [1.29, 1.82) is 0 Å². The highest BCUT2D eigenvalue weighted by atomic mass is 32.2. The lowest BCUT2D eigenvalue weighted by molar-refractivity contribution is 0.0242. The summed E-state index contributed by atoms with van der Waals surface area (Å²) in [6.07, 6.45) is 2.84. The molecular weight excluding hydrogens is 324 g/mol. The second-order valence-corrected chi connectivity index (χ2v) is 8.02. The van der Waals surface area contributed by atoms with Crippen molar-refractivity contribution in [2.45, 2.75) is 30.8 Å². The monoisotopic (exact) mass is 344 g/mol. The number of pyridine rings is 1. The Kier molecular flexibility index (Phi) is 4.05. The molecular formula is C17H20N4O2S. The highest BCUT2D eigenvalue weighted by Gasteiger charge is 2.51. The van der Waals surface area contributed by atoms with Crippen molar-refractivity contribution in [2.24, 2.45) is 0 Å². The molecule has 0 radical (unpaired) electrons. The number of aryl methyl sites for hydroxylation is 1. The van der Waals surface area contributed by atoms with Gasteiger partial charge in [-0.25, -0.2) is 0 Å². The van der Waals surface area contributed by atoms with Gasteiger partial charge >= 0.3 is 0 Å². The van der Waals surface area contributed by atoms with Crippen molar-refractivity contribution in [1.82, 2.24) is 20.1 Å². The van der Waals surface area contributed by atoms with E-state index < -0.39 is 0 Å². The van der Waals surface area contributed by atoms with Crippen LogP contribution < -0.4 is 0 Å². The van der Waals surface area contributed by atoms with Crippen molar-refractivity contribution in [3.05, 3.63) is 47.5 Å². The number of hydrogen-bond acceptors (Lipinski definition) is 5. The predicted molar refractivity (Wildman–Crippen MR) is 91.8 cm³/mol. The highest BCUT2D eigenvalue weighted by Crippen LogP contribution is 2.46. The summed E-state index contributed by atoms with van der Waals surface area (Å²) in [5.41, 5.74) is 2.55. The second-order valence-electron chi connectivity index (χ2n) is 6.53. The molecule has 4 rings (SSSR count). The van der Waals surface area contributed by atoms with Gasteiger partial charge in [0.1, 0.15) is 5.69 Å². The summed E-state index contributed by atoms with van der Waals surface area (Å²) in [4.78, 5) is 18.6. The van der Waals surface area contributed by atoms with Gasteiger partial charge in [-0.15, -0.1) is 11.8 Å². The minimum atomic E-state index is 0.0343. The maximum absolute atomic E-state index is 12.3. The van der Waals surface area contributed by atoms with Crippen molar-refractivity contribution in [3.8, 4) is 0 Å². The molecule has 0 unspecified atom stereocenters. The van der Waals surface area contributed by atoms with E-state index in [1.807, 2.05) is 41.8 Å². The Balaban J connectivity index is 1.28. The molecule has 1 amide bonds. The van der Waals surface area contributed by atoms with Crippen molar-refractivity contribution in [3.63, 3.8) is 0 Å². The number of H-pyrrole nitrogens is 1.